The number of allylic oxidation sites excluding steroid dienone is 2. The van der Waals surface area contributed by atoms with Crippen LogP contribution in [0, 0.1) is 5.92 Å². The van der Waals surface area contributed by atoms with Gasteiger partial charge in [0.25, 0.3) is 0 Å². The first-order valence-electron chi connectivity index (χ1n) is 12.4. The summed E-state index contributed by atoms with van der Waals surface area (Å²) in [6.45, 7) is 3.10. The molecule has 0 heterocycles. The SMILES string of the molecule is CCCCCCCCCCCCCCCOC(=O)/C=C/C(=O)OCC1CC=CCC1. The van der Waals surface area contributed by atoms with Gasteiger partial charge in [0.1, 0.15) is 0 Å². The van der Waals surface area contributed by atoms with Gasteiger partial charge in [-0.25, -0.2) is 9.59 Å². The van der Waals surface area contributed by atoms with Gasteiger partial charge in [-0.05, 0) is 31.6 Å². The highest BCUT2D eigenvalue weighted by molar-refractivity contribution is 5.91. The van der Waals surface area contributed by atoms with Crippen LogP contribution >= 0.6 is 0 Å². The Labute approximate surface area is 184 Å². The van der Waals surface area contributed by atoms with Crippen molar-refractivity contribution in [2.45, 2.75) is 110 Å². The van der Waals surface area contributed by atoms with Gasteiger partial charge in [-0.15, -0.1) is 0 Å². The zero-order valence-corrected chi connectivity index (χ0v) is 19.2. The smallest absolute Gasteiger partial charge is 0.331 e. The molecule has 0 saturated carbocycles. The molecule has 0 amide bonds. The highest BCUT2D eigenvalue weighted by Gasteiger charge is 2.11. The van der Waals surface area contributed by atoms with Crippen molar-refractivity contribution in [1.82, 2.24) is 0 Å². The molecule has 0 spiro atoms. The van der Waals surface area contributed by atoms with Crippen molar-refractivity contribution < 1.29 is 19.1 Å². The fourth-order valence-electron chi connectivity index (χ4n) is 3.73. The summed E-state index contributed by atoms with van der Waals surface area (Å²) in [4.78, 5) is 23.3. The maximum Gasteiger partial charge on any atom is 0.331 e. The van der Waals surface area contributed by atoms with Crippen molar-refractivity contribution in [3.05, 3.63) is 24.3 Å². The normalized spacial score (nSPS) is 16.1. The number of ether oxygens (including phenoxy) is 2. The number of carbonyl (C=O) groups excluding carboxylic acids is 2. The van der Waals surface area contributed by atoms with E-state index in [4.69, 9.17) is 9.47 Å². The maximum atomic E-state index is 11.7. The van der Waals surface area contributed by atoms with Gasteiger partial charge in [-0.3, -0.25) is 0 Å². The monoisotopic (exact) mass is 420 g/mol. The van der Waals surface area contributed by atoms with Gasteiger partial charge in [0, 0.05) is 12.2 Å². The van der Waals surface area contributed by atoms with Crippen LogP contribution in [0.5, 0.6) is 0 Å². The van der Waals surface area contributed by atoms with Gasteiger partial charge >= 0.3 is 11.9 Å². The van der Waals surface area contributed by atoms with Crippen LogP contribution in [0.25, 0.3) is 0 Å². The molecule has 1 aliphatic rings. The van der Waals surface area contributed by atoms with E-state index in [1.807, 2.05) is 0 Å². The fraction of sp³-hybridized carbons (Fsp3) is 0.769. The van der Waals surface area contributed by atoms with Crippen LogP contribution in [0.4, 0.5) is 0 Å². The van der Waals surface area contributed by atoms with Crippen LogP contribution in [0.3, 0.4) is 0 Å². The second-order valence-electron chi connectivity index (χ2n) is 8.52. The number of esters is 2. The van der Waals surface area contributed by atoms with Gasteiger partial charge in [-0.2, -0.15) is 0 Å². The fourth-order valence-corrected chi connectivity index (χ4v) is 3.73. The van der Waals surface area contributed by atoms with Crippen LogP contribution < -0.4 is 0 Å². The third-order valence-corrected chi connectivity index (χ3v) is 5.69. The minimum atomic E-state index is -0.470. The predicted molar refractivity (Wildman–Crippen MR) is 123 cm³/mol. The molecule has 0 radical (unpaired) electrons. The average molecular weight is 421 g/mol. The Bertz CT molecular complexity index is 495. The summed E-state index contributed by atoms with van der Waals surface area (Å²) in [5, 5.41) is 0. The number of rotatable bonds is 18. The molecule has 0 N–H and O–H groups in total. The number of hydrogen-bond acceptors (Lipinski definition) is 4. The van der Waals surface area contributed by atoms with Gasteiger partial charge in [0.05, 0.1) is 13.2 Å². The molecule has 1 rings (SSSR count). The lowest BCUT2D eigenvalue weighted by Gasteiger charge is -2.16. The Hall–Kier alpha value is -1.58. The molecule has 1 aliphatic carbocycles. The molecule has 1 unspecified atom stereocenters. The molecule has 0 fully saturated rings. The second-order valence-corrected chi connectivity index (χ2v) is 8.52. The Balaban J connectivity index is 1.85. The first-order chi connectivity index (χ1) is 14.7. The zero-order chi connectivity index (χ0) is 21.7. The lowest BCUT2D eigenvalue weighted by molar-refractivity contribution is -0.141. The minimum absolute atomic E-state index is 0.398. The first-order valence-corrected chi connectivity index (χ1v) is 12.4. The van der Waals surface area contributed by atoms with Crippen molar-refractivity contribution in [3.8, 4) is 0 Å². The molecule has 4 nitrogen and oxygen atoms in total. The third-order valence-electron chi connectivity index (χ3n) is 5.69. The summed E-state index contributed by atoms with van der Waals surface area (Å²) in [6.07, 6.45) is 26.5. The summed E-state index contributed by atoms with van der Waals surface area (Å²) in [5.41, 5.74) is 0. The van der Waals surface area contributed by atoms with Crippen molar-refractivity contribution in [3.63, 3.8) is 0 Å². The van der Waals surface area contributed by atoms with E-state index in [2.05, 4.69) is 19.1 Å². The molecular formula is C26H44O4. The first kappa shape index (κ1) is 26.5. The van der Waals surface area contributed by atoms with Gasteiger partial charge in [0.2, 0.25) is 0 Å². The van der Waals surface area contributed by atoms with Gasteiger partial charge in [0.15, 0.2) is 0 Å². The lowest BCUT2D eigenvalue weighted by Crippen LogP contribution is -2.14. The van der Waals surface area contributed by atoms with E-state index in [1.54, 1.807) is 0 Å². The van der Waals surface area contributed by atoms with Crippen LogP contribution in [-0.2, 0) is 19.1 Å². The van der Waals surface area contributed by atoms with E-state index in [-0.39, 0.29) is 0 Å². The van der Waals surface area contributed by atoms with E-state index >= 15 is 0 Å². The van der Waals surface area contributed by atoms with E-state index in [1.165, 1.54) is 82.8 Å². The summed E-state index contributed by atoms with van der Waals surface area (Å²) in [6, 6.07) is 0. The summed E-state index contributed by atoms with van der Waals surface area (Å²) in [7, 11) is 0. The van der Waals surface area contributed by atoms with Crippen LogP contribution in [-0.4, -0.2) is 25.2 Å². The number of carbonyl (C=O) groups is 2. The highest BCUT2D eigenvalue weighted by Crippen LogP contribution is 2.18. The molecule has 30 heavy (non-hydrogen) atoms. The Morgan fingerprint density at radius 3 is 1.83 bits per heavy atom. The Morgan fingerprint density at radius 1 is 0.767 bits per heavy atom. The summed E-state index contributed by atoms with van der Waals surface area (Å²) < 4.78 is 10.3. The molecule has 0 aromatic carbocycles. The third kappa shape index (κ3) is 16.2. The van der Waals surface area contributed by atoms with Crippen molar-refractivity contribution in [2.24, 2.45) is 5.92 Å². The van der Waals surface area contributed by atoms with Crippen molar-refractivity contribution in [2.75, 3.05) is 13.2 Å². The van der Waals surface area contributed by atoms with Gasteiger partial charge < -0.3 is 9.47 Å². The summed E-state index contributed by atoms with van der Waals surface area (Å²) >= 11 is 0. The quantitative estimate of drug-likeness (QED) is 0.103. The molecule has 0 bridgehead atoms. The molecule has 0 saturated heterocycles. The van der Waals surface area contributed by atoms with E-state index in [0.29, 0.717) is 19.1 Å². The molecular weight excluding hydrogens is 376 g/mol. The van der Waals surface area contributed by atoms with Gasteiger partial charge in [-0.1, -0.05) is 96.1 Å². The van der Waals surface area contributed by atoms with Crippen molar-refractivity contribution in [1.29, 1.82) is 0 Å². The minimum Gasteiger partial charge on any atom is -0.463 e. The molecule has 0 aliphatic heterocycles. The molecule has 1 atom stereocenters. The van der Waals surface area contributed by atoms with Crippen molar-refractivity contribution >= 4 is 11.9 Å². The Kier molecular flexibility index (Phi) is 17.1. The maximum absolute atomic E-state index is 11.7. The predicted octanol–water partition coefficient (Wildman–Crippen LogP) is 7.08. The van der Waals surface area contributed by atoms with E-state index < -0.39 is 11.9 Å². The largest absolute Gasteiger partial charge is 0.463 e. The van der Waals surface area contributed by atoms with Crippen LogP contribution in [0.15, 0.2) is 24.3 Å². The summed E-state index contributed by atoms with van der Waals surface area (Å²) in [5.74, 6) is -0.538. The lowest BCUT2D eigenvalue weighted by atomic mass is 9.95. The second kappa shape index (κ2) is 19.4. The zero-order valence-electron chi connectivity index (χ0n) is 19.2. The van der Waals surface area contributed by atoms with E-state index in [0.717, 1.165) is 32.1 Å². The molecule has 4 heteroatoms. The molecule has 172 valence electrons. The number of unbranched alkanes of at least 4 members (excludes halogenated alkanes) is 12. The molecule has 0 aromatic rings. The standard InChI is InChI=1S/C26H44O4/c1-2-3-4-5-6-7-8-9-10-11-12-13-17-22-29-25(27)20-21-26(28)30-23-24-18-15-14-16-19-24/h14-15,20-21,24H,2-13,16-19,22-23H2,1H3/b21-20+. The van der Waals surface area contributed by atoms with Crippen LogP contribution in [0.1, 0.15) is 110 Å². The molecule has 0 aromatic heterocycles. The topological polar surface area (TPSA) is 52.6 Å². The van der Waals surface area contributed by atoms with E-state index in [9.17, 15) is 9.59 Å². The Morgan fingerprint density at radius 2 is 1.30 bits per heavy atom. The number of hydrogen-bond donors (Lipinski definition) is 0. The van der Waals surface area contributed by atoms with Crippen LogP contribution in [0.2, 0.25) is 0 Å². The average Bonchev–Trinajstić information content (AvgIpc) is 2.77. The highest BCUT2D eigenvalue weighted by atomic mass is 16.5.